The molecule has 0 heterocycles. The molecule has 1 N–H and O–H groups in total. The number of carbonyl (C=O) groups is 1. The maximum absolute atomic E-state index is 10.5. The standard InChI is InChI=1S/C7H14ClNO/c1-6(4-3-5-8)9-7(2)10/h6H,3-5H2,1-2H3,(H,9,10). The Kier molecular flexibility index (Phi) is 5.40. The van der Waals surface area contributed by atoms with Gasteiger partial charge in [0.25, 0.3) is 0 Å². The van der Waals surface area contributed by atoms with Crippen molar-refractivity contribution in [2.75, 3.05) is 5.88 Å². The van der Waals surface area contributed by atoms with E-state index in [4.69, 9.17) is 11.6 Å². The van der Waals surface area contributed by atoms with Gasteiger partial charge < -0.3 is 5.32 Å². The van der Waals surface area contributed by atoms with Crippen molar-refractivity contribution >= 4 is 17.5 Å². The van der Waals surface area contributed by atoms with Gasteiger partial charge in [0.05, 0.1) is 0 Å². The van der Waals surface area contributed by atoms with Crippen LogP contribution in [0.4, 0.5) is 0 Å². The highest BCUT2D eigenvalue weighted by atomic mass is 35.5. The number of nitrogens with one attached hydrogen (secondary N) is 1. The Balaban J connectivity index is 3.25. The molecule has 0 fully saturated rings. The predicted molar refractivity (Wildman–Crippen MR) is 43.2 cm³/mol. The minimum absolute atomic E-state index is 0.0297. The molecule has 1 unspecified atom stereocenters. The Morgan fingerprint density at radius 1 is 1.70 bits per heavy atom. The van der Waals surface area contributed by atoms with Crippen molar-refractivity contribution in [2.45, 2.75) is 32.7 Å². The maximum atomic E-state index is 10.5. The van der Waals surface area contributed by atoms with Crippen LogP contribution < -0.4 is 5.32 Å². The van der Waals surface area contributed by atoms with Crippen LogP contribution in [0.2, 0.25) is 0 Å². The van der Waals surface area contributed by atoms with Gasteiger partial charge >= 0.3 is 0 Å². The van der Waals surface area contributed by atoms with Crippen LogP contribution in [-0.2, 0) is 4.79 Å². The highest BCUT2D eigenvalue weighted by Gasteiger charge is 2.00. The lowest BCUT2D eigenvalue weighted by molar-refractivity contribution is -0.119. The van der Waals surface area contributed by atoms with Crippen LogP contribution in [0.25, 0.3) is 0 Å². The Morgan fingerprint density at radius 2 is 2.30 bits per heavy atom. The van der Waals surface area contributed by atoms with Crippen molar-refractivity contribution in [1.82, 2.24) is 5.32 Å². The first-order valence-corrected chi connectivity index (χ1v) is 4.03. The molecule has 0 radical (unpaired) electrons. The van der Waals surface area contributed by atoms with Crippen LogP contribution >= 0.6 is 11.6 Å². The van der Waals surface area contributed by atoms with Crippen LogP contribution in [-0.4, -0.2) is 17.8 Å². The van der Waals surface area contributed by atoms with Crippen LogP contribution in [0.5, 0.6) is 0 Å². The number of amides is 1. The second-order valence-electron chi connectivity index (χ2n) is 2.43. The molecule has 3 heteroatoms. The van der Waals surface area contributed by atoms with Gasteiger partial charge in [-0.3, -0.25) is 4.79 Å². The van der Waals surface area contributed by atoms with Gasteiger partial charge in [-0.1, -0.05) is 0 Å². The minimum Gasteiger partial charge on any atom is -0.354 e. The highest BCUT2D eigenvalue weighted by molar-refractivity contribution is 6.17. The van der Waals surface area contributed by atoms with E-state index < -0.39 is 0 Å². The average Bonchev–Trinajstić information content (AvgIpc) is 1.82. The molecule has 0 aromatic rings. The zero-order valence-electron chi connectivity index (χ0n) is 6.48. The molecule has 2 nitrogen and oxygen atoms in total. The molecule has 0 aliphatic carbocycles. The summed E-state index contributed by atoms with van der Waals surface area (Å²) in [6.07, 6.45) is 1.92. The summed E-state index contributed by atoms with van der Waals surface area (Å²) in [4.78, 5) is 10.5. The number of hydrogen-bond acceptors (Lipinski definition) is 1. The number of carbonyl (C=O) groups excluding carboxylic acids is 1. The Bertz CT molecular complexity index is 106. The van der Waals surface area contributed by atoms with Crippen LogP contribution in [0.3, 0.4) is 0 Å². The highest BCUT2D eigenvalue weighted by Crippen LogP contribution is 1.97. The van der Waals surface area contributed by atoms with Crippen LogP contribution in [0.15, 0.2) is 0 Å². The molecular weight excluding hydrogens is 150 g/mol. The molecule has 0 bridgehead atoms. The van der Waals surface area contributed by atoms with Gasteiger partial charge in [-0.25, -0.2) is 0 Å². The second kappa shape index (κ2) is 5.54. The molecule has 1 atom stereocenters. The summed E-state index contributed by atoms with van der Waals surface area (Å²) in [6, 6.07) is 0.260. The van der Waals surface area contributed by atoms with Crippen molar-refractivity contribution in [3.8, 4) is 0 Å². The lowest BCUT2D eigenvalue weighted by atomic mass is 10.2. The third kappa shape index (κ3) is 5.89. The summed E-state index contributed by atoms with van der Waals surface area (Å²) in [7, 11) is 0. The van der Waals surface area contributed by atoms with Crippen molar-refractivity contribution in [3.05, 3.63) is 0 Å². The summed E-state index contributed by atoms with van der Waals surface area (Å²) in [5.74, 6) is 0.700. The average molecular weight is 164 g/mol. The summed E-state index contributed by atoms with van der Waals surface area (Å²) >= 11 is 5.47. The third-order valence-electron chi connectivity index (χ3n) is 1.22. The van der Waals surface area contributed by atoms with Gasteiger partial charge in [-0.15, -0.1) is 11.6 Å². The molecule has 0 aliphatic heterocycles. The van der Waals surface area contributed by atoms with Gasteiger partial charge in [0, 0.05) is 18.8 Å². The molecule has 10 heavy (non-hydrogen) atoms. The van der Waals surface area contributed by atoms with E-state index in [2.05, 4.69) is 5.32 Å². The molecule has 0 rings (SSSR count). The van der Waals surface area contributed by atoms with Gasteiger partial charge in [0.2, 0.25) is 5.91 Å². The van der Waals surface area contributed by atoms with E-state index in [9.17, 15) is 4.79 Å². The smallest absolute Gasteiger partial charge is 0.217 e. The van der Waals surface area contributed by atoms with E-state index in [1.807, 2.05) is 6.92 Å². The van der Waals surface area contributed by atoms with Crippen molar-refractivity contribution in [1.29, 1.82) is 0 Å². The second-order valence-corrected chi connectivity index (χ2v) is 2.81. The fourth-order valence-electron chi connectivity index (χ4n) is 0.802. The summed E-state index contributed by atoms with van der Waals surface area (Å²) in [6.45, 7) is 3.51. The number of rotatable bonds is 4. The SMILES string of the molecule is CC(=O)NC(C)CCCCl. The van der Waals surface area contributed by atoms with Crippen LogP contribution in [0.1, 0.15) is 26.7 Å². The monoisotopic (exact) mass is 163 g/mol. The normalized spacial score (nSPS) is 12.7. The number of hydrogen-bond donors (Lipinski definition) is 1. The first kappa shape index (κ1) is 9.76. The first-order chi connectivity index (χ1) is 4.66. The Labute approximate surface area is 66.9 Å². The lowest BCUT2D eigenvalue weighted by Crippen LogP contribution is -2.30. The van der Waals surface area contributed by atoms with Crippen molar-refractivity contribution < 1.29 is 4.79 Å². The Morgan fingerprint density at radius 3 is 2.70 bits per heavy atom. The molecular formula is C7H14ClNO. The van der Waals surface area contributed by atoms with E-state index in [0.717, 1.165) is 12.8 Å². The molecule has 0 aliphatic rings. The van der Waals surface area contributed by atoms with Gasteiger partial charge in [-0.2, -0.15) is 0 Å². The zero-order chi connectivity index (χ0) is 7.98. The molecule has 0 saturated heterocycles. The third-order valence-corrected chi connectivity index (χ3v) is 1.49. The molecule has 0 aromatic heterocycles. The summed E-state index contributed by atoms with van der Waals surface area (Å²) in [5, 5.41) is 2.78. The van der Waals surface area contributed by atoms with Crippen molar-refractivity contribution in [2.24, 2.45) is 0 Å². The zero-order valence-corrected chi connectivity index (χ0v) is 7.24. The molecule has 0 saturated carbocycles. The van der Waals surface area contributed by atoms with E-state index in [-0.39, 0.29) is 11.9 Å². The lowest BCUT2D eigenvalue weighted by Gasteiger charge is -2.10. The van der Waals surface area contributed by atoms with Gasteiger partial charge in [0.15, 0.2) is 0 Å². The topological polar surface area (TPSA) is 29.1 Å². The largest absolute Gasteiger partial charge is 0.354 e. The predicted octanol–water partition coefficient (Wildman–Crippen LogP) is 1.53. The molecule has 60 valence electrons. The summed E-state index contributed by atoms with van der Waals surface area (Å²) < 4.78 is 0. The van der Waals surface area contributed by atoms with E-state index >= 15 is 0 Å². The summed E-state index contributed by atoms with van der Waals surface area (Å²) in [5.41, 5.74) is 0. The molecule has 0 aromatic carbocycles. The van der Waals surface area contributed by atoms with E-state index in [1.54, 1.807) is 0 Å². The quantitative estimate of drug-likeness (QED) is 0.626. The minimum atomic E-state index is 0.0297. The number of halogens is 1. The number of alkyl halides is 1. The fraction of sp³-hybridized carbons (Fsp3) is 0.857. The molecule has 1 amide bonds. The van der Waals surface area contributed by atoms with E-state index in [1.165, 1.54) is 6.92 Å². The maximum Gasteiger partial charge on any atom is 0.217 e. The molecule has 0 spiro atoms. The van der Waals surface area contributed by atoms with Gasteiger partial charge in [0.1, 0.15) is 0 Å². The van der Waals surface area contributed by atoms with Crippen molar-refractivity contribution in [3.63, 3.8) is 0 Å². The Hall–Kier alpha value is -0.240. The first-order valence-electron chi connectivity index (χ1n) is 3.50. The van der Waals surface area contributed by atoms with Crippen LogP contribution in [0, 0.1) is 0 Å². The van der Waals surface area contributed by atoms with E-state index in [0.29, 0.717) is 5.88 Å². The fourth-order valence-corrected chi connectivity index (χ4v) is 0.957. The van der Waals surface area contributed by atoms with Gasteiger partial charge in [-0.05, 0) is 19.8 Å².